The highest BCUT2D eigenvalue weighted by atomic mass is 32.2. The highest BCUT2D eigenvalue weighted by molar-refractivity contribution is 7.99. The molecule has 0 aliphatic rings. The van der Waals surface area contributed by atoms with Crippen LogP contribution in [0.15, 0.2) is 68.3 Å². The molecule has 10 nitrogen and oxygen atoms in total. The summed E-state index contributed by atoms with van der Waals surface area (Å²) in [5.74, 6) is -0.959. The van der Waals surface area contributed by atoms with E-state index in [1.807, 2.05) is 0 Å². The molecule has 3 heterocycles. The van der Waals surface area contributed by atoms with Crippen molar-refractivity contribution < 1.29 is 4.79 Å². The Hall–Kier alpha value is -3.99. The maximum Gasteiger partial charge on any atom is 0.332 e. The second-order valence-electron chi connectivity index (χ2n) is 7.34. The number of nitrogen functional groups attached to an aromatic ring is 1. The number of ketones is 1. The molecule has 0 spiro atoms. The second-order valence-corrected chi connectivity index (χ2v) is 8.28. The summed E-state index contributed by atoms with van der Waals surface area (Å²) in [6.45, 7) is 0.236. The van der Waals surface area contributed by atoms with Crippen LogP contribution in [0.2, 0.25) is 0 Å². The number of aromatic nitrogens is 5. The van der Waals surface area contributed by atoms with E-state index in [1.54, 1.807) is 48.8 Å². The number of benzene rings is 1. The number of nitrogens with two attached hydrogens (primary N) is 1. The first-order chi connectivity index (χ1) is 15.8. The Bertz CT molecular complexity index is 1560. The highest BCUT2D eigenvalue weighted by Gasteiger charge is 2.21. The first-order valence-corrected chi connectivity index (χ1v) is 10.9. The van der Waals surface area contributed by atoms with Crippen LogP contribution in [-0.2, 0) is 20.6 Å². The Morgan fingerprint density at radius 3 is 2.42 bits per heavy atom. The van der Waals surface area contributed by atoms with Crippen LogP contribution in [0.5, 0.6) is 0 Å². The second kappa shape index (κ2) is 8.87. The van der Waals surface area contributed by atoms with E-state index in [-0.39, 0.29) is 29.2 Å². The predicted octanol–water partition coefficient (Wildman–Crippen LogP) is 0.794. The Balaban J connectivity index is 1.74. The van der Waals surface area contributed by atoms with Gasteiger partial charge in [-0.15, -0.1) is 0 Å². The van der Waals surface area contributed by atoms with Crippen LogP contribution < -0.4 is 22.5 Å². The van der Waals surface area contributed by atoms with E-state index in [9.17, 15) is 19.2 Å². The van der Waals surface area contributed by atoms with E-state index in [1.165, 1.54) is 18.7 Å². The van der Waals surface area contributed by atoms with Gasteiger partial charge in [0, 0.05) is 26.5 Å². The van der Waals surface area contributed by atoms with E-state index < -0.39 is 17.0 Å². The number of fused-ring (bicyclic) bond motifs is 1. The van der Waals surface area contributed by atoms with E-state index in [0.717, 1.165) is 26.5 Å². The summed E-state index contributed by atoms with van der Waals surface area (Å²) in [5.41, 5.74) is 5.34. The zero-order valence-electron chi connectivity index (χ0n) is 17.9. The van der Waals surface area contributed by atoms with Gasteiger partial charge in [-0.25, -0.2) is 9.78 Å². The Morgan fingerprint density at radius 2 is 1.70 bits per heavy atom. The zero-order chi connectivity index (χ0) is 23.7. The van der Waals surface area contributed by atoms with Gasteiger partial charge in [0.15, 0.2) is 10.9 Å². The molecule has 0 aliphatic carbocycles. The number of hydrogen-bond acceptors (Lipinski definition) is 8. The zero-order valence-corrected chi connectivity index (χ0v) is 18.7. The minimum absolute atomic E-state index is 0.196. The van der Waals surface area contributed by atoms with Crippen LogP contribution in [0.1, 0.15) is 15.9 Å². The molecule has 11 heteroatoms. The molecule has 33 heavy (non-hydrogen) atoms. The maximum absolute atomic E-state index is 13.2. The van der Waals surface area contributed by atoms with E-state index in [4.69, 9.17) is 5.73 Å². The molecule has 0 atom stereocenters. The lowest BCUT2D eigenvalue weighted by Gasteiger charge is -2.14. The Morgan fingerprint density at radius 1 is 1.00 bits per heavy atom. The molecule has 0 aliphatic heterocycles. The molecular formula is C22H20N6O4S. The lowest BCUT2D eigenvalue weighted by molar-refractivity contribution is 0.102. The monoisotopic (exact) mass is 464 g/mol. The van der Waals surface area contributed by atoms with Gasteiger partial charge in [0.2, 0.25) is 0 Å². The minimum atomic E-state index is -0.762. The number of thioether (sulfide) groups is 1. The van der Waals surface area contributed by atoms with Gasteiger partial charge in [0.1, 0.15) is 11.4 Å². The Labute approximate surface area is 191 Å². The molecule has 0 amide bonds. The quantitative estimate of drug-likeness (QED) is 0.251. The fraction of sp³-hybridized carbons (Fsp3) is 0.182. The molecule has 168 valence electrons. The summed E-state index contributed by atoms with van der Waals surface area (Å²) in [6, 6.07) is 10.5. The normalized spacial score (nSPS) is 11.1. The molecule has 1 aromatic carbocycles. The standard InChI is InChI=1S/C22H20N6O4S/c1-26-18(23)17(20(31)27(2)22(26)32)16(29)12-33-21-25-15-6-4-3-5-14(15)19(30)28(21)11-13-7-9-24-10-8-13/h3-10H,11-12,23H2,1-2H3. The summed E-state index contributed by atoms with van der Waals surface area (Å²) in [7, 11) is 2.67. The first-order valence-electron chi connectivity index (χ1n) is 9.89. The maximum atomic E-state index is 13.2. The molecule has 2 N–H and O–H groups in total. The highest BCUT2D eigenvalue weighted by Crippen LogP contribution is 2.20. The van der Waals surface area contributed by atoms with Crippen molar-refractivity contribution >= 4 is 34.3 Å². The average Bonchev–Trinajstić information content (AvgIpc) is 2.83. The average molecular weight is 465 g/mol. The Kier molecular flexibility index (Phi) is 5.97. The molecule has 0 fully saturated rings. The molecule has 0 saturated carbocycles. The molecule has 4 aromatic rings. The predicted molar refractivity (Wildman–Crippen MR) is 126 cm³/mol. The van der Waals surface area contributed by atoms with Gasteiger partial charge < -0.3 is 5.73 Å². The van der Waals surface area contributed by atoms with Crippen molar-refractivity contribution in [1.29, 1.82) is 0 Å². The molecule has 0 unspecified atom stereocenters. The van der Waals surface area contributed by atoms with Gasteiger partial charge in [-0.3, -0.25) is 33.1 Å². The van der Waals surface area contributed by atoms with Crippen molar-refractivity contribution in [2.75, 3.05) is 11.5 Å². The number of rotatable bonds is 6. The number of para-hydroxylation sites is 1. The summed E-state index contributed by atoms with van der Waals surface area (Å²) in [5, 5.41) is 0.780. The van der Waals surface area contributed by atoms with Crippen LogP contribution in [0.3, 0.4) is 0 Å². The molecular weight excluding hydrogens is 444 g/mol. The third kappa shape index (κ3) is 4.10. The number of hydrogen-bond donors (Lipinski definition) is 1. The van der Waals surface area contributed by atoms with Gasteiger partial charge in [-0.2, -0.15) is 0 Å². The van der Waals surface area contributed by atoms with Crippen LogP contribution >= 0.6 is 11.8 Å². The van der Waals surface area contributed by atoms with Gasteiger partial charge in [0.05, 0.1) is 23.2 Å². The van der Waals surface area contributed by atoms with Crippen LogP contribution in [0.25, 0.3) is 10.9 Å². The number of pyridine rings is 1. The van der Waals surface area contributed by atoms with Crippen molar-refractivity contribution in [3.63, 3.8) is 0 Å². The van der Waals surface area contributed by atoms with Crippen molar-refractivity contribution in [3.8, 4) is 0 Å². The van der Waals surface area contributed by atoms with Gasteiger partial charge in [-0.1, -0.05) is 23.9 Å². The van der Waals surface area contributed by atoms with Crippen molar-refractivity contribution in [2.24, 2.45) is 14.1 Å². The number of carbonyl (C=O) groups is 1. The van der Waals surface area contributed by atoms with E-state index in [0.29, 0.717) is 16.1 Å². The van der Waals surface area contributed by atoms with Gasteiger partial charge >= 0.3 is 5.69 Å². The first kappa shape index (κ1) is 22.2. The van der Waals surface area contributed by atoms with Gasteiger partial charge in [0.25, 0.3) is 11.1 Å². The smallest absolute Gasteiger partial charge is 0.332 e. The molecule has 4 rings (SSSR count). The minimum Gasteiger partial charge on any atom is -0.384 e. The van der Waals surface area contributed by atoms with Crippen molar-refractivity contribution in [1.82, 2.24) is 23.7 Å². The van der Waals surface area contributed by atoms with Crippen molar-refractivity contribution in [3.05, 3.63) is 91.1 Å². The summed E-state index contributed by atoms with van der Waals surface area (Å²) in [6.07, 6.45) is 3.26. The lowest BCUT2D eigenvalue weighted by atomic mass is 10.2. The number of Topliss-reactive ketones (excluding diaryl/α,β-unsaturated/α-hetero) is 1. The number of anilines is 1. The third-order valence-corrected chi connectivity index (χ3v) is 6.21. The number of carbonyl (C=O) groups excluding carboxylic acids is 1. The van der Waals surface area contributed by atoms with E-state index >= 15 is 0 Å². The van der Waals surface area contributed by atoms with Gasteiger partial charge in [-0.05, 0) is 29.8 Å². The summed E-state index contributed by atoms with van der Waals surface area (Å²) in [4.78, 5) is 59.2. The SMILES string of the molecule is Cn1c(N)c(C(=O)CSc2nc3ccccc3c(=O)n2Cc2ccncc2)c(=O)n(C)c1=O. The number of nitrogens with zero attached hydrogens (tertiary/aromatic N) is 5. The summed E-state index contributed by atoms with van der Waals surface area (Å²) >= 11 is 1.03. The molecule has 0 radical (unpaired) electrons. The van der Waals surface area contributed by atoms with Crippen molar-refractivity contribution in [2.45, 2.75) is 11.7 Å². The third-order valence-electron chi connectivity index (χ3n) is 5.24. The summed E-state index contributed by atoms with van der Waals surface area (Å²) < 4.78 is 3.37. The fourth-order valence-electron chi connectivity index (χ4n) is 3.39. The molecule has 0 bridgehead atoms. The molecule has 0 saturated heterocycles. The van der Waals surface area contributed by atoms with Crippen LogP contribution in [-0.4, -0.2) is 35.2 Å². The van der Waals surface area contributed by atoms with Crippen LogP contribution in [0, 0.1) is 0 Å². The molecule has 3 aromatic heterocycles. The largest absolute Gasteiger partial charge is 0.384 e. The fourth-order valence-corrected chi connectivity index (χ4v) is 4.26. The van der Waals surface area contributed by atoms with Crippen LogP contribution in [0.4, 0.5) is 5.82 Å². The lowest BCUT2D eigenvalue weighted by Crippen LogP contribution is -2.41. The topological polar surface area (TPSA) is 135 Å². The van der Waals surface area contributed by atoms with E-state index in [2.05, 4.69) is 9.97 Å².